The van der Waals surface area contributed by atoms with Crippen LogP contribution >= 0.6 is 11.8 Å². The van der Waals surface area contributed by atoms with Gasteiger partial charge in [-0.05, 0) is 50.1 Å². The van der Waals surface area contributed by atoms with E-state index in [0.717, 1.165) is 16.8 Å². The van der Waals surface area contributed by atoms with E-state index in [1.54, 1.807) is 18.2 Å². The lowest BCUT2D eigenvalue weighted by Gasteiger charge is -2.14. The van der Waals surface area contributed by atoms with Crippen LogP contribution in [-0.2, 0) is 9.59 Å². The molecule has 1 N–H and O–H groups in total. The quantitative estimate of drug-likeness (QED) is 0.809. The van der Waals surface area contributed by atoms with E-state index in [1.807, 2.05) is 39.0 Å². The normalized spacial score (nSPS) is 18.0. The summed E-state index contributed by atoms with van der Waals surface area (Å²) in [5, 5.41) is 2.73. The second kappa shape index (κ2) is 8.56. The Balaban J connectivity index is 1.74. The van der Waals surface area contributed by atoms with Crippen LogP contribution in [0.2, 0.25) is 0 Å². The third kappa shape index (κ3) is 4.25. The minimum Gasteiger partial charge on any atom is -0.326 e. The molecular formula is C21H22FN3O2S. The number of amidine groups is 1. The second-order valence-corrected chi connectivity index (χ2v) is 7.70. The van der Waals surface area contributed by atoms with E-state index in [1.165, 1.54) is 22.7 Å². The van der Waals surface area contributed by atoms with Crippen LogP contribution in [-0.4, -0.2) is 33.7 Å². The van der Waals surface area contributed by atoms with Gasteiger partial charge in [0.25, 0.3) is 0 Å². The molecule has 0 saturated carbocycles. The summed E-state index contributed by atoms with van der Waals surface area (Å²) >= 11 is 1.20. The summed E-state index contributed by atoms with van der Waals surface area (Å²) in [6, 6.07) is 11.9. The van der Waals surface area contributed by atoms with Crippen LogP contribution in [0, 0.1) is 19.7 Å². The summed E-state index contributed by atoms with van der Waals surface area (Å²) in [6.07, 6.45) is 0.0314. The Hall–Kier alpha value is -2.67. The molecule has 3 rings (SSSR count). The van der Waals surface area contributed by atoms with E-state index in [9.17, 15) is 14.0 Å². The van der Waals surface area contributed by atoms with Gasteiger partial charge < -0.3 is 5.32 Å². The molecule has 1 atom stereocenters. The molecule has 0 spiro atoms. The van der Waals surface area contributed by atoms with Crippen molar-refractivity contribution in [2.45, 2.75) is 32.4 Å². The predicted octanol–water partition coefficient (Wildman–Crippen LogP) is 4.42. The van der Waals surface area contributed by atoms with Crippen molar-refractivity contribution in [2.24, 2.45) is 4.99 Å². The molecule has 28 heavy (non-hydrogen) atoms. The van der Waals surface area contributed by atoms with E-state index in [0.29, 0.717) is 11.7 Å². The van der Waals surface area contributed by atoms with Crippen molar-refractivity contribution < 1.29 is 14.0 Å². The van der Waals surface area contributed by atoms with Gasteiger partial charge >= 0.3 is 0 Å². The topological polar surface area (TPSA) is 61.8 Å². The highest BCUT2D eigenvalue weighted by molar-refractivity contribution is 8.15. The first kappa shape index (κ1) is 20.1. The fourth-order valence-corrected chi connectivity index (χ4v) is 4.13. The summed E-state index contributed by atoms with van der Waals surface area (Å²) in [7, 11) is 0. The van der Waals surface area contributed by atoms with Crippen molar-refractivity contribution >= 4 is 40.1 Å². The van der Waals surface area contributed by atoms with Crippen molar-refractivity contribution in [3.63, 3.8) is 0 Å². The first-order chi connectivity index (χ1) is 13.4. The van der Waals surface area contributed by atoms with E-state index in [-0.39, 0.29) is 23.9 Å². The van der Waals surface area contributed by atoms with Gasteiger partial charge in [-0.1, -0.05) is 36.0 Å². The Kier molecular flexibility index (Phi) is 6.14. The molecule has 0 bridgehead atoms. The lowest BCUT2D eigenvalue weighted by Crippen LogP contribution is -2.33. The molecule has 7 heteroatoms. The number of anilines is 1. The number of hydrogen-bond donors (Lipinski definition) is 1. The molecule has 2 amide bonds. The number of thioether (sulfide) groups is 1. The number of nitrogens with one attached hydrogen (secondary N) is 1. The Morgan fingerprint density at radius 3 is 2.68 bits per heavy atom. The number of aryl methyl sites for hydroxylation is 1. The number of carbonyl (C=O) groups is 2. The van der Waals surface area contributed by atoms with E-state index in [2.05, 4.69) is 10.3 Å². The lowest BCUT2D eigenvalue weighted by atomic mass is 10.1. The number of amides is 2. The van der Waals surface area contributed by atoms with Gasteiger partial charge in [0.05, 0.1) is 0 Å². The van der Waals surface area contributed by atoms with Crippen molar-refractivity contribution in [1.82, 2.24) is 4.90 Å². The number of para-hydroxylation sites is 1. The Bertz CT molecular complexity index is 945. The molecular weight excluding hydrogens is 377 g/mol. The summed E-state index contributed by atoms with van der Waals surface area (Å²) < 4.78 is 13.9. The molecule has 1 unspecified atom stereocenters. The van der Waals surface area contributed by atoms with Gasteiger partial charge in [0.2, 0.25) is 11.8 Å². The smallest absolute Gasteiger partial charge is 0.242 e. The molecule has 2 aromatic carbocycles. The molecule has 146 valence electrons. The molecule has 2 aromatic rings. The number of rotatable bonds is 5. The SMILES string of the molecule is CCN1C(=O)C(CC(=O)Nc2cccc(C)c2C)SC1=Nc1ccccc1F. The Labute approximate surface area is 168 Å². The molecule has 1 aliphatic heterocycles. The maximum atomic E-state index is 13.9. The maximum Gasteiger partial charge on any atom is 0.242 e. The highest BCUT2D eigenvalue weighted by Crippen LogP contribution is 2.32. The van der Waals surface area contributed by atoms with Gasteiger partial charge in [-0.15, -0.1) is 0 Å². The van der Waals surface area contributed by atoms with Crippen LogP contribution in [0.1, 0.15) is 24.5 Å². The van der Waals surface area contributed by atoms with Gasteiger partial charge in [0, 0.05) is 18.7 Å². The van der Waals surface area contributed by atoms with Crippen LogP contribution in [0.4, 0.5) is 15.8 Å². The summed E-state index contributed by atoms with van der Waals surface area (Å²) in [5.41, 5.74) is 3.00. The minimum atomic E-state index is -0.574. The van der Waals surface area contributed by atoms with Crippen LogP contribution in [0.25, 0.3) is 0 Å². The van der Waals surface area contributed by atoms with E-state index < -0.39 is 11.1 Å². The van der Waals surface area contributed by atoms with Gasteiger partial charge in [0.15, 0.2) is 5.17 Å². The van der Waals surface area contributed by atoms with Crippen LogP contribution in [0.15, 0.2) is 47.5 Å². The van der Waals surface area contributed by atoms with E-state index >= 15 is 0 Å². The van der Waals surface area contributed by atoms with Gasteiger partial charge in [-0.2, -0.15) is 0 Å². The molecule has 0 radical (unpaired) electrons. The monoisotopic (exact) mass is 399 g/mol. The van der Waals surface area contributed by atoms with Crippen molar-refractivity contribution in [3.05, 3.63) is 59.4 Å². The van der Waals surface area contributed by atoms with Crippen molar-refractivity contribution in [3.8, 4) is 0 Å². The Morgan fingerprint density at radius 1 is 1.21 bits per heavy atom. The molecule has 5 nitrogen and oxygen atoms in total. The highest BCUT2D eigenvalue weighted by Gasteiger charge is 2.38. The number of carbonyl (C=O) groups excluding carboxylic acids is 2. The van der Waals surface area contributed by atoms with Crippen LogP contribution in [0.5, 0.6) is 0 Å². The second-order valence-electron chi connectivity index (χ2n) is 6.53. The maximum absolute atomic E-state index is 13.9. The minimum absolute atomic E-state index is 0.0314. The molecule has 1 fully saturated rings. The molecule has 0 aliphatic carbocycles. The van der Waals surface area contributed by atoms with Crippen LogP contribution in [0.3, 0.4) is 0 Å². The third-order valence-electron chi connectivity index (χ3n) is 4.65. The van der Waals surface area contributed by atoms with Gasteiger partial charge in [0.1, 0.15) is 16.8 Å². The first-order valence-electron chi connectivity index (χ1n) is 9.08. The van der Waals surface area contributed by atoms with Crippen LogP contribution < -0.4 is 5.32 Å². The summed E-state index contributed by atoms with van der Waals surface area (Å²) in [5.74, 6) is -0.864. The molecule has 1 heterocycles. The van der Waals surface area contributed by atoms with Gasteiger partial charge in [-0.25, -0.2) is 9.38 Å². The summed E-state index contributed by atoms with van der Waals surface area (Å²) in [4.78, 5) is 31.0. The lowest BCUT2D eigenvalue weighted by molar-refractivity contribution is -0.128. The number of aliphatic imine (C=N–C) groups is 1. The fraction of sp³-hybridized carbons (Fsp3) is 0.286. The zero-order chi connectivity index (χ0) is 20.3. The zero-order valence-corrected chi connectivity index (χ0v) is 16.8. The number of hydrogen-bond acceptors (Lipinski definition) is 4. The first-order valence-corrected chi connectivity index (χ1v) is 9.96. The average molecular weight is 399 g/mol. The average Bonchev–Trinajstić information content (AvgIpc) is 2.95. The third-order valence-corrected chi connectivity index (χ3v) is 5.83. The fourth-order valence-electron chi connectivity index (χ4n) is 2.92. The number of halogens is 1. The predicted molar refractivity (Wildman–Crippen MR) is 111 cm³/mol. The van der Waals surface area contributed by atoms with Crippen molar-refractivity contribution in [1.29, 1.82) is 0 Å². The molecule has 0 aromatic heterocycles. The number of benzene rings is 2. The molecule has 1 aliphatic rings. The Morgan fingerprint density at radius 2 is 1.96 bits per heavy atom. The van der Waals surface area contributed by atoms with Crippen molar-refractivity contribution in [2.75, 3.05) is 11.9 Å². The number of nitrogens with zero attached hydrogens (tertiary/aromatic N) is 2. The zero-order valence-electron chi connectivity index (χ0n) is 16.0. The standard InChI is InChI=1S/C21H22FN3O2S/c1-4-25-20(27)18(28-21(25)24-17-10-6-5-9-15(17)22)12-19(26)23-16-11-7-8-13(2)14(16)3/h5-11,18H,4,12H2,1-3H3,(H,23,26). The largest absolute Gasteiger partial charge is 0.326 e. The molecule has 1 saturated heterocycles. The van der Waals surface area contributed by atoms with E-state index in [4.69, 9.17) is 0 Å². The summed E-state index contributed by atoms with van der Waals surface area (Å²) in [6.45, 7) is 6.16. The van der Waals surface area contributed by atoms with Gasteiger partial charge in [-0.3, -0.25) is 14.5 Å². The highest BCUT2D eigenvalue weighted by atomic mass is 32.2.